The van der Waals surface area contributed by atoms with E-state index in [2.05, 4.69) is 5.32 Å². The Hall–Kier alpha value is -1.14. The molecular weight excluding hydrogens is 272 g/mol. The first-order valence-corrected chi connectivity index (χ1v) is 6.94. The molecule has 0 aliphatic rings. The summed E-state index contributed by atoms with van der Waals surface area (Å²) in [4.78, 5) is 11.5. The number of carboxylic acid groups (broad SMARTS) is 1. The van der Waals surface area contributed by atoms with Crippen LogP contribution in [-0.2, 0) is 4.79 Å². The average molecular weight is 289 g/mol. The van der Waals surface area contributed by atoms with Crippen LogP contribution in [0.25, 0.3) is 0 Å². The number of hydrogen-bond donors (Lipinski definition) is 2. The van der Waals surface area contributed by atoms with Crippen LogP contribution in [0, 0.1) is 11.6 Å². The van der Waals surface area contributed by atoms with E-state index >= 15 is 0 Å². The van der Waals surface area contributed by atoms with Crippen molar-refractivity contribution in [2.75, 3.05) is 12.3 Å². The summed E-state index contributed by atoms with van der Waals surface area (Å²) < 4.78 is 26.1. The predicted molar refractivity (Wildman–Crippen MR) is 71.4 cm³/mol. The number of rotatable bonds is 7. The van der Waals surface area contributed by atoms with Gasteiger partial charge in [-0.3, -0.25) is 4.79 Å². The molecule has 106 valence electrons. The number of carbonyl (C=O) groups is 1. The molecule has 1 aromatic rings. The van der Waals surface area contributed by atoms with E-state index in [0.29, 0.717) is 23.6 Å². The second kappa shape index (κ2) is 6.86. The highest BCUT2D eigenvalue weighted by atomic mass is 32.2. The molecule has 0 amide bonds. The Kier molecular flexibility index (Phi) is 5.75. The van der Waals surface area contributed by atoms with Gasteiger partial charge >= 0.3 is 5.97 Å². The highest BCUT2D eigenvalue weighted by Gasteiger charge is 2.31. The summed E-state index contributed by atoms with van der Waals surface area (Å²) in [5, 5.41) is 12.1. The topological polar surface area (TPSA) is 49.3 Å². The molecule has 1 aromatic carbocycles. The Bertz CT molecular complexity index is 456. The van der Waals surface area contributed by atoms with Crippen molar-refractivity contribution in [3.05, 3.63) is 29.8 Å². The molecule has 0 fully saturated rings. The van der Waals surface area contributed by atoms with E-state index in [1.54, 1.807) is 6.92 Å². The van der Waals surface area contributed by atoms with Gasteiger partial charge in [-0.05, 0) is 32.0 Å². The molecule has 0 saturated heterocycles. The van der Waals surface area contributed by atoms with Crippen molar-refractivity contribution >= 4 is 17.7 Å². The molecular formula is C13H17F2NO2S. The summed E-state index contributed by atoms with van der Waals surface area (Å²) in [7, 11) is 0. The van der Waals surface area contributed by atoms with Gasteiger partial charge in [-0.15, -0.1) is 11.8 Å². The Morgan fingerprint density at radius 1 is 1.47 bits per heavy atom. The number of nitrogens with one attached hydrogen (secondary N) is 1. The van der Waals surface area contributed by atoms with Gasteiger partial charge < -0.3 is 10.4 Å². The first-order valence-electron chi connectivity index (χ1n) is 5.95. The Morgan fingerprint density at radius 3 is 2.68 bits per heavy atom. The molecule has 0 aliphatic heterocycles. The van der Waals surface area contributed by atoms with Crippen LogP contribution in [0.3, 0.4) is 0 Å². The summed E-state index contributed by atoms with van der Waals surface area (Å²) >= 11 is 1.18. The quantitative estimate of drug-likeness (QED) is 0.758. The first-order chi connectivity index (χ1) is 8.89. The third-order valence-corrected chi connectivity index (χ3v) is 3.84. The molecule has 1 rings (SSSR count). The van der Waals surface area contributed by atoms with Crippen molar-refractivity contribution in [2.24, 2.45) is 0 Å². The van der Waals surface area contributed by atoms with Gasteiger partial charge in [0.2, 0.25) is 0 Å². The molecule has 0 aromatic heterocycles. The number of halogens is 2. The fourth-order valence-corrected chi connectivity index (χ4v) is 2.71. The van der Waals surface area contributed by atoms with Gasteiger partial charge in [-0.1, -0.05) is 6.92 Å². The minimum Gasteiger partial charge on any atom is -0.480 e. The smallest absolute Gasteiger partial charge is 0.323 e. The van der Waals surface area contributed by atoms with E-state index < -0.39 is 23.1 Å². The SMILES string of the molecule is CCNC(C)(CCSc1ccc(F)cc1F)C(=O)O. The van der Waals surface area contributed by atoms with Crippen LogP contribution in [-0.4, -0.2) is 28.9 Å². The van der Waals surface area contributed by atoms with Gasteiger partial charge in [-0.2, -0.15) is 0 Å². The lowest BCUT2D eigenvalue weighted by atomic mass is 9.99. The zero-order valence-corrected chi connectivity index (χ0v) is 11.7. The molecule has 3 nitrogen and oxygen atoms in total. The molecule has 0 saturated carbocycles. The van der Waals surface area contributed by atoms with Crippen molar-refractivity contribution in [3.63, 3.8) is 0 Å². The van der Waals surface area contributed by atoms with Gasteiger partial charge in [0.25, 0.3) is 0 Å². The van der Waals surface area contributed by atoms with Crippen LogP contribution < -0.4 is 5.32 Å². The first kappa shape index (κ1) is 15.9. The zero-order valence-electron chi connectivity index (χ0n) is 10.9. The standard InChI is InChI=1S/C13H17F2NO2S/c1-3-16-13(2,12(17)18)6-7-19-11-5-4-9(14)8-10(11)15/h4-5,8,16H,3,6-7H2,1-2H3,(H,17,18). The van der Waals surface area contributed by atoms with Gasteiger partial charge in [0, 0.05) is 16.7 Å². The number of carboxylic acids is 1. The molecule has 0 bridgehead atoms. The molecule has 0 radical (unpaired) electrons. The molecule has 0 spiro atoms. The largest absolute Gasteiger partial charge is 0.480 e. The third kappa shape index (κ3) is 4.47. The van der Waals surface area contributed by atoms with E-state index in [0.717, 1.165) is 6.07 Å². The molecule has 2 N–H and O–H groups in total. The Balaban J connectivity index is 2.59. The monoisotopic (exact) mass is 289 g/mol. The van der Waals surface area contributed by atoms with E-state index in [1.807, 2.05) is 6.92 Å². The number of aliphatic carboxylic acids is 1. The van der Waals surface area contributed by atoms with Crippen LogP contribution in [0.2, 0.25) is 0 Å². The van der Waals surface area contributed by atoms with Crippen LogP contribution >= 0.6 is 11.8 Å². The van der Waals surface area contributed by atoms with Gasteiger partial charge in [0.1, 0.15) is 17.2 Å². The van der Waals surface area contributed by atoms with Crippen molar-refractivity contribution in [1.29, 1.82) is 0 Å². The maximum absolute atomic E-state index is 13.4. The summed E-state index contributed by atoms with van der Waals surface area (Å²) in [6.07, 6.45) is 0.345. The van der Waals surface area contributed by atoms with Gasteiger partial charge in [0.15, 0.2) is 0 Å². The maximum Gasteiger partial charge on any atom is 0.323 e. The van der Waals surface area contributed by atoms with Crippen LogP contribution in [0.1, 0.15) is 20.3 Å². The summed E-state index contributed by atoms with van der Waals surface area (Å²) in [5.41, 5.74) is -1.03. The van der Waals surface area contributed by atoms with Crippen LogP contribution in [0.5, 0.6) is 0 Å². The van der Waals surface area contributed by atoms with Crippen molar-refractivity contribution in [3.8, 4) is 0 Å². The molecule has 19 heavy (non-hydrogen) atoms. The molecule has 0 aliphatic carbocycles. The fourth-order valence-electron chi connectivity index (χ4n) is 1.62. The number of likely N-dealkylation sites (N-methyl/N-ethyl adjacent to an activating group) is 1. The van der Waals surface area contributed by atoms with E-state index in [1.165, 1.54) is 23.9 Å². The predicted octanol–water partition coefficient (Wildman–Crippen LogP) is 2.90. The van der Waals surface area contributed by atoms with E-state index in [4.69, 9.17) is 5.11 Å². The second-order valence-corrected chi connectivity index (χ2v) is 5.48. The van der Waals surface area contributed by atoms with E-state index in [9.17, 15) is 13.6 Å². The lowest BCUT2D eigenvalue weighted by molar-refractivity contribution is -0.144. The minimum atomic E-state index is -1.03. The summed E-state index contributed by atoms with van der Waals surface area (Å²) in [5.74, 6) is -1.75. The zero-order chi connectivity index (χ0) is 14.5. The summed E-state index contributed by atoms with van der Waals surface area (Å²) in [6.45, 7) is 3.97. The molecule has 0 heterocycles. The number of benzene rings is 1. The fraction of sp³-hybridized carbons (Fsp3) is 0.462. The van der Waals surface area contributed by atoms with Gasteiger partial charge in [0.05, 0.1) is 0 Å². The van der Waals surface area contributed by atoms with Crippen molar-refractivity contribution in [2.45, 2.75) is 30.7 Å². The van der Waals surface area contributed by atoms with Crippen LogP contribution in [0.4, 0.5) is 8.78 Å². The van der Waals surface area contributed by atoms with Crippen LogP contribution in [0.15, 0.2) is 23.1 Å². The normalized spacial score (nSPS) is 14.1. The molecule has 1 atom stereocenters. The lowest BCUT2D eigenvalue weighted by Gasteiger charge is -2.25. The number of thioether (sulfide) groups is 1. The Labute approximate surface area is 115 Å². The third-order valence-electron chi connectivity index (χ3n) is 2.79. The highest BCUT2D eigenvalue weighted by Crippen LogP contribution is 2.25. The molecule has 6 heteroatoms. The maximum atomic E-state index is 13.4. The van der Waals surface area contributed by atoms with Crippen molar-refractivity contribution in [1.82, 2.24) is 5.32 Å². The molecule has 1 unspecified atom stereocenters. The van der Waals surface area contributed by atoms with Gasteiger partial charge in [-0.25, -0.2) is 8.78 Å². The Morgan fingerprint density at radius 2 is 2.16 bits per heavy atom. The lowest BCUT2D eigenvalue weighted by Crippen LogP contribution is -2.49. The number of hydrogen-bond acceptors (Lipinski definition) is 3. The van der Waals surface area contributed by atoms with E-state index in [-0.39, 0.29) is 0 Å². The minimum absolute atomic E-state index is 0.325. The summed E-state index contributed by atoms with van der Waals surface area (Å²) in [6, 6.07) is 3.37. The highest BCUT2D eigenvalue weighted by molar-refractivity contribution is 7.99. The second-order valence-electron chi connectivity index (χ2n) is 4.34. The van der Waals surface area contributed by atoms with Crippen molar-refractivity contribution < 1.29 is 18.7 Å². The average Bonchev–Trinajstić information content (AvgIpc) is 2.32.